The van der Waals surface area contributed by atoms with Crippen LogP contribution in [0.15, 0.2) is 70.5 Å². The van der Waals surface area contributed by atoms with E-state index in [0.717, 1.165) is 9.79 Å². The van der Waals surface area contributed by atoms with Gasteiger partial charge < -0.3 is 5.73 Å². The molecule has 0 bridgehead atoms. The molecule has 0 aromatic heterocycles. The molecule has 0 amide bonds. The number of nitrogen functional groups attached to an aromatic ring is 1. The lowest BCUT2D eigenvalue weighted by atomic mass is 9.83. The number of hydrogen-bond donors (Lipinski definition) is 1. The van der Waals surface area contributed by atoms with Crippen molar-refractivity contribution in [2.24, 2.45) is 0 Å². The van der Waals surface area contributed by atoms with Crippen LogP contribution in [-0.4, -0.2) is 11.6 Å². The molecule has 5 heteroatoms. The van der Waals surface area contributed by atoms with Gasteiger partial charge in [0.1, 0.15) is 0 Å². The van der Waals surface area contributed by atoms with Gasteiger partial charge in [-0.2, -0.15) is 0 Å². The van der Waals surface area contributed by atoms with Crippen molar-refractivity contribution in [1.82, 2.24) is 0 Å². The Hall–Kier alpha value is -2.56. The lowest BCUT2D eigenvalue weighted by Crippen LogP contribution is -2.22. The van der Waals surface area contributed by atoms with Gasteiger partial charge in [0.2, 0.25) is 0 Å². The Kier molecular flexibility index (Phi) is 3.86. The number of anilines is 1. The van der Waals surface area contributed by atoms with Crippen molar-refractivity contribution in [2.75, 3.05) is 5.73 Å². The Morgan fingerprint density at radius 2 is 1.52 bits per heavy atom. The molecule has 0 radical (unpaired) electrons. The van der Waals surface area contributed by atoms with Gasteiger partial charge in [-0.25, -0.2) is 0 Å². The lowest BCUT2D eigenvalue weighted by molar-refractivity contribution is 0.0979. The van der Waals surface area contributed by atoms with Crippen molar-refractivity contribution < 1.29 is 9.59 Å². The fourth-order valence-electron chi connectivity index (χ4n) is 2.92. The molecule has 2 N–H and O–H groups in total. The molecule has 25 heavy (non-hydrogen) atoms. The van der Waals surface area contributed by atoms with E-state index in [0.29, 0.717) is 27.4 Å². The molecule has 0 saturated carbocycles. The number of hydrogen-bond acceptors (Lipinski definition) is 4. The third-order valence-electron chi connectivity index (χ3n) is 4.10. The number of nitrogens with two attached hydrogens (primary N) is 1. The Morgan fingerprint density at radius 1 is 0.800 bits per heavy atom. The molecule has 4 rings (SSSR count). The predicted molar refractivity (Wildman–Crippen MR) is 99.7 cm³/mol. The van der Waals surface area contributed by atoms with Gasteiger partial charge in [0.15, 0.2) is 11.6 Å². The minimum atomic E-state index is -0.241. The molecule has 3 nitrogen and oxygen atoms in total. The first-order valence-corrected chi connectivity index (χ1v) is 8.80. The molecule has 0 unspecified atom stereocenters. The van der Waals surface area contributed by atoms with E-state index in [1.165, 1.54) is 11.8 Å². The quantitative estimate of drug-likeness (QED) is 0.516. The second-order valence-corrected chi connectivity index (χ2v) is 7.19. The van der Waals surface area contributed by atoms with Crippen LogP contribution >= 0.6 is 23.4 Å². The largest absolute Gasteiger partial charge is 0.398 e. The number of carbonyl (C=O) groups excluding carboxylic acids is 2. The first-order valence-electron chi connectivity index (χ1n) is 7.60. The summed E-state index contributed by atoms with van der Waals surface area (Å²) in [5.41, 5.74) is 7.53. The second-order valence-electron chi connectivity index (χ2n) is 5.67. The van der Waals surface area contributed by atoms with Crippen LogP contribution in [0.2, 0.25) is 5.02 Å². The molecule has 0 atom stereocenters. The summed E-state index contributed by atoms with van der Waals surface area (Å²) in [4.78, 5) is 27.4. The van der Waals surface area contributed by atoms with Gasteiger partial charge in [0, 0.05) is 32.2 Å². The molecule has 122 valence electrons. The summed E-state index contributed by atoms with van der Waals surface area (Å²) in [5.74, 6) is -0.468. The first-order chi connectivity index (χ1) is 12.1. The molecule has 1 aliphatic carbocycles. The molecule has 0 saturated heterocycles. The molecule has 0 fully saturated rings. The highest BCUT2D eigenvalue weighted by Crippen LogP contribution is 2.39. The van der Waals surface area contributed by atoms with E-state index in [1.54, 1.807) is 30.3 Å². The second kappa shape index (κ2) is 6.06. The van der Waals surface area contributed by atoms with Crippen molar-refractivity contribution in [3.8, 4) is 0 Å². The smallest absolute Gasteiger partial charge is 0.196 e. The highest BCUT2D eigenvalue weighted by Gasteiger charge is 2.32. The summed E-state index contributed by atoms with van der Waals surface area (Å²) in [6.07, 6.45) is 0. The van der Waals surface area contributed by atoms with E-state index in [2.05, 4.69) is 0 Å². The Balaban J connectivity index is 1.85. The summed E-state index contributed by atoms with van der Waals surface area (Å²) in [7, 11) is 0. The average molecular weight is 366 g/mol. The SMILES string of the molecule is Nc1cccc2c1C(=O)c1cc(Sc3ccccc3)c(Cl)cc1C2=O. The number of fused-ring (bicyclic) bond motifs is 2. The Morgan fingerprint density at radius 3 is 2.28 bits per heavy atom. The van der Waals surface area contributed by atoms with E-state index in [9.17, 15) is 9.59 Å². The van der Waals surface area contributed by atoms with Crippen LogP contribution in [0.5, 0.6) is 0 Å². The van der Waals surface area contributed by atoms with Crippen molar-refractivity contribution in [3.63, 3.8) is 0 Å². The number of carbonyl (C=O) groups is 2. The van der Waals surface area contributed by atoms with Crippen LogP contribution in [0, 0.1) is 0 Å². The van der Waals surface area contributed by atoms with E-state index < -0.39 is 0 Å². The number of halogens is 1. The van der Waals surface area contributed by atoms with E-state index in [4.69, 9.17) is 17.3 Å². The average Bonchev–Trinajstić information content (AvgIpc) is 2.61. The predicted octanol–water partition coefficient (Wildman–Crippen LogP) is 4.85. The lowest BCUT2D eigenvalue weighted by Gasteiger charge is -2.20. The van der Waals surface area contributed by atoms with E-state index >= 15 is 0 Å². The maximum atomic E-state index is 12.9. The topological polar surface area (TPSA) is 60.2 Å². The standard InChI is InChI=1S/C20H12ClNO2S/c21-15-9-13-14(10-17(15)25-11-5-2-1-3-6-11)20(24)18-12(19(13)23)7-4-8-16(18)22/h1-10H,22H2. The van der Waals surface area contributed by atoms with Crippen LogP contribution in [0.3, 0.4) is 0 Å². The van der Waals surface area contributed by atoms with Crippen LogP contribution in [0.25, 0.3) is 0 Å². The molecule has 1 aliphatic rings. The maximum Gasteiger partial charge on any atom is 0.196 e. The highest BCUT2D eigenvalue weighted by molar-refractivity contribution is 7.99. The Labute approximate surface area is 153 Å². The third-order valence-corrected chi connectivity index (χ3v) is 5.59. The monoisotopic (exact) mass is 365 g/mol. The van der Waals surface area contributed by atoms with Crippen LogP contribution in [0.4, 0.5) is 5.69 Å². The van der Waals surface area contributed by atoms with Gasteiger partial charge in [-0.1, -0.05) is 53.7 Å². The highest BCUT2D eigenvalue weighted by atomic mass is 35.5. The number of rotatable bonds is 2. The fourth-order valence-corrected chi connectivity index (χ4v) is 4.08. The van der Waals surface area contributed by atoms with Gasteiger partial charge in [0.25, 0.3) is 0 Å². The summed E-state index contributed by atoms with van der Waals surface area (Å²) in [5, 5.41) is 0.445. The number of ketones is 2. The number of benzene rings is 3. The van der Waals surface area contributed by atoms with Crippen molar-refractivity contribution in [1.29, 1.82) is 0 Å². The molecule has 3 aromatic rings. The zero-order valence-corrected chi connectivity index (χ0v) is 14.5. The van der Waals surface area contributed by atoms with Gasteiger partial charge in [0.05, 0.1) is 10.6 Å². The molecule has 0 heterocycles. The van der Waals surface area contributed by atoms with Gasteiger partial charge in [-0.3, -0.25) is 9.59 Å². The summed E-state index contributed by atoms with van der Waals surface area (Å²) >= 11 is 7.82. The van der Waals surface area contributed by atoms with Gasteiger partial charge in [-0.15, -0.1) is 0 Å². The van der Waals surface area contributed by atoms with Gasteiger partial charge >= 0.3 is 0 Å². The van der Waals surface area contributed by atoms with Gasteiger partial charge in [-0.05, 0) is 30.3 Å². The van der Waals surface area contributed by atoms with Crippen molar-refractivity contribution >= 4 is 40.6 Å². The maximum absolute atomic E-state index is 12.9. The summed E-state index contributed by atoms with van der Waals surface area (Å²) < 4.78 is 0. The third kappa shape index (κ3) is 2.64. The summed E-state index contributed by atoms with van der Waals surface area (Å²) in [6.45, 7) is 0. The van der Waals surface area contributed by atoms with Crippen LogP contribution in [0.1, 0.15) is 31.8 Å². The van der Waals surface area contributed by atoms with Crippen molar-refractivity contribution in [2.45, 2.75) is 9.79 Å². The zero-order chi connectivity index (χ0) is 17.6. The normalized spacial score (nSPS) is 12.7. The molecule has 0 spiro atoms. The minimum Gasteiger partial charge on any atom is -0.398 e. The van der Waals surface area contributed by atoms with Crippen LogP contribution < -0.4 is 5.73 Å². The molecular formula is C20H12ClNO2S. The van der Waals surface area contributed by atoms with Crippen molar-refractivity contribution in [3.05, 3.63) is 87.9 Å². The fraction of sp³-hybridized carbons (Fsp3) is 0. The first kappa shape index (κ1) is 15.9. The Bertz CT molecular complexity index is 1030. The zero-order valence-electron chi connectivity index (χ0n) is 13.0. The molecule has 3 aromatic carbocycles. The van der Waals surface area contributed by atoms with E-state index in [-0.39, 0.29) is 17.1 Å². The molecular weight excluding hydrogens is 354 g/mol. The van der Waals surface area contributed by atoms with Crippen LogP contribution in [-0.2, 0) is 0 Å². The minimum absolute atomic E-state index is 0.227. The molecule has 0 aliphatic heterocycles. The summed E-state index contributed by atoms with van der Waals surface area (Å²) in [6, 6.07) is 17.9. The van der Waals surface area contributed by atoms with E-state index in [1.807, 2.05) is 30.3 Å².